The predicted octanol–water partition coefficient (Wildman–Crippen LogP) is 7.80. The maximum Gasteiger partial charge on any atom is 0.213 e. The van der Waals surface area contributed by atoms with Gasteiger partial charge in [-0.1, -0.05) is 88.4 Å². The van der Waals surface area contributed by atoms with E-state index < -0.39 is 5.89 Å². The summed E-state index contributed by atoms with van der Waals surface area (Å²) in [6.07, 6.45) is 2.15. The minimum atomic E-state index is -0.762. The smallest absolute Gasteiger partial charge is 0.201 e. The van der Waals surface area contributed by atoms with Crippen molar-refractivity contribution in [2.45, 2.75) is 46.4 Å². The second-order valence-electron chi connectivity index (χ2n) is 10.5. The SMILES string of the molecule is [2H]C1(C)c2ccccc2C(C(C)(C)C)c2cc(-c3cc[n+](C)c(-c4ccccc4C)c3)ccc21. The van der Waals surface area contributed by atoms with Gasteiger partial charge in [-0.15, -0.1) is 0 Å². The molecule has 0 fully saturated rings. The van der Waals surface area contributed by atoms with Crippen LogP contribution in [-0.4, -0.2) is 0 Å². The van der Waals surface area contributed by atoms with Crippen LogP contribution in [0.5, 0.6) is 0 Å². The summed E-state index contributed by atoms with van der Waals surface area (Å²) >= 11 is 0. The first-order chi connectivity index (χ1) is 16.1. The Balaban J connectivity index is 1.70. The molecule has 1 aliphatic rings. The molecule has 4 aromatic rings. The first-order valence-corrected chi connectivity index (χ1v) is 11.9. The third-order valence-electron chi connectivity index (χ3n) is 7.21. The second kappa shape index (κ2) is 7.99. The van der Waals surface area contributed by atoms with Crippen LogP contribution >= 0.6 is 0 Å². The molecule has 0 amide bonds. The number of rotatable bonds is 2. The highest BCUT2D eigenvalue weighted by atomic mass is 14.9. The molecule has 0 spiro atoms. The highest BCUT2D eigenvalue weighted by Gasteiger charge is 2.36. The molecule has 1 aliphatic carbocycles. The van der Waals surface area contributed by atoms with E-state index in [4.69, 9.17) is 0 Å². The molecule has 0 radical (unpaired) electrons. The van der Waals surface area contributed by atoms with Gasteiger partial charge in [0.1, 0.15) is 7.05 Å². The first kappa shape index (κ1) is 20.4. The van der Waals surface area contributed by atoms with Crippen LogP contribution in [0.1, 0.15) is 68.7 Å². The fourth-order valence-electron chi connectivity index (χ4n) is 5.54. The topological polar surface area (TPSA) is 3.88 Å². The van der Waals surface area contributed by atoms with Crippen LogP contribution in [0.2, 0.25) is 0 Å². The Hall–Kier alpha value is -3.19. The van der Waals surface area contributed by atoms with Crippen LogP contribution in [0, 0.1) is 12.3 Å². The lowest BCUT2D eigenvalue weighted by Crippen LogP contribution is -2.30. The molecule has 1 heterocycles. The van der Waals surface area contributed by atoms with E-state index in [0.29, 0.717) is 0 Å². The third-order valence-corrected chi connectivity index (χ3v) is 7.21. The van der Waals surface area contributed by atoms with Gasteiger partial charge >= 0.3 is 0 Å². The van der Waals surface area contributed by atoms with Crippen LogP contribution in [0.3, 0.4) is 0 Å². The molecule has 2 unspecified atom stereocenters. The fraction of sp³-hybridized carbons (Fsp3) is 0.281. The molecule has 2 atom stereocenters. The van der Waals surface area contributed by atoms with Gasteiger partial charge in [-0.3, -0.25) is 0 Å². The number of aromatic nitrogens is 1. The first-order valence-electron chi connectivity index (χ1n) is 12.4. The van der Waals surface area contributed by atoms with Crippen LogP contribution in [0.15, 0.2) is 85.1 Å². The fourth-order valence-corrected chi connectivity index (χ4v) is 5.54. The quantitative estimate of drug-likeness (QED) is 0.284. The Labute approximate surface area is 200 Å². The summed E-state index contributed by atoms with van der Waals surface area (Å²) in [5, 5.41) is 0. The van der Waals surface area contributed by atoms with Crippen LogP contribution in [0.25, 0.3) is 22.4 Å². The number of aryl methyl sites for hydroxylation is 2. The summed E-state index contributed by atoms with van der Waals surface area (Å²) in [7, 11) is 2.11. The van der Waals surface area contributed by atoms with Gasteiger partial charge in [0.25, 0.3) is 0 Å². The van der Waals surface area contributed by atoms with Crippen molar-refractivity contribution in [2.24, 2.45) is 12.5 Å². The van der Waals surface area contributed by atoms with E-state index in [0.717, 1.165) is 11.1 Å². The summed E-state index contributed by atoms with van der Waals surface area (Å²) in [6, 6.07) is 28.4. The summed E-state index contributed by atoms with van der Waals surface area (Å²) in [6.45, 7) is 11.2. The maximum absolute atomic E-state index is 9.35. The van der Waals surface area contributed by atoms with E-state index in [9.17, 15) is 1.37 Å². The van der Waals surface area contributed by atoms with Crippen molar-refractivity contribution in [1.29, 1.82) is 0 Å². The monoisotopic (exact) mass is 433 g/mol. The molecule has 1 aromatic heterocycles. The minimum Gasteiger partial charge on any atom is -0.201 e. The van der Waals surface area contributed by atoms with Crippen LogP contribution < -0.4 is 4.57 Å². The molecule has 0 saturated carbocycles. The standard InChI is InChI=1S/C32H34N/c1-21-11-7-8-12-25(21)30-20-24(17-18-33(30)6)23-15-16-27-22(2)26-13-9-10-14-28(26)31(29(27)19-23)32(3,4)5/h7-20,22,31H,1-6H3/q+1/i22D. The van der Waals surface area contributed by atoms with Gasteiger partial charge in [0, 0.05) is 30.9 Å². The zero-order valence-electron chi connectivity index (χ0n) is 21.6. The molecule has 0 N–H and O–H groups in total. The predicted molar refractivity (Wildman–Crippen MR) is 138 cm³/mol. The molecule has 3 aromatic carbocycles. The van der Waals surface area contributed by atoms with Crippen molar-refractivity contribution in [2.75, 3.05) is 0 Å². The van der Waals surface area contributed by atoms with Gasteiger partial charge in [0.05, 0.1) is 0 Å². The van der Waals surface area contributed by atoms with E-state index >= 15 is 0 Å². The maximum atomic E-state index is 9.35. The molecular weight excluding hydrogens is 398 g/mol. The summed E-state index contributed by atoms with van der Waals surface area (Å²) in [5.74, 6) is -0.519. The number of pyridine rings is 1. The lowest BCUT2D eigenvalue weighted by molar-refractivity contribution is -0.660. The molecular formula is C32H34N+. The number of benzene rings is 3. The van der Waals surface area contributed by atoms with Crippen molar-refractivity contribution in [3.63, 3.8) is 0 Å². The van der Waals surface area contributed by atoms with Crippen molar-refractivity contribution >= 4 is 0 Å². The zero-order valence-corrected chi connectivity index (χ0v) is 20.6. The van der Waals surface area contributed by atoms with Crippen molar-refractivity contribution in [3.05, 3.63) is 113 Å². The van der Waals surface area contributed by atoms with Crippen LogP contribution in [0.4, 0.5) is 0 Å². The molecule has 0 saturated heterocycles. The van der Waals surface area contributed by atoms with Gasteiger partial charge in [-0.05, 0) is 57.3 Å². The average Bonchev–Trinajstić information content (AvgIpc) is 2.79. The third kappa shape index (κ3) is 3.70. The largest absolute Gasteiger partial charge is 0.213 e. The second-order valence-corrected chi connectivity index (χ2v) is 10.5. The Morgan fingerprint density at radius 3 is 2.12 bits per heavy atom. The Bertz CT molecular complexity index is 1390. The number of hydrogen-bond donors (Lipinski definition) is 0. The average molecular weight is 434 g/mol. The summed E-state index contributed by atoms with van der Waals surface area (Å²) in [5.41, 5.74) is 11.0. The van der Waals surface area contributed by atoms with E-state index in [1.807, 2.05) is 6.92 Å². The van der Waals surface area contributed by atoms with E-state index in [1.165, 1.54) is 39.1 Å². The van der Waals surface area contributed by atoms with Gasteiger partial charge < -0.3 is 0 Å². The van der Waals surface area contributed by atoms with E-state index in [1.54, 1.807) is 0 Å². The Kier molecular flexibility index (Phi) is 4.94. The number of nitrogens with zero attached hydrogens (tertiary/aromatic N) is 1. The molecule has 1 heteroatoms. The van der Waals surface area contributed by atoms with Crippen LogP contribution in [-0.2, 0) is 7.05 Å². The van der Waals surface area contributed by atoms with Gasteiger partial charge in [0.15, 0.2) is 6.20 Å². The lowest BCUT2D eigenvalue weighted by Gasteiger charge is -2.40. The molecule has 0 aliphatic heterocycles. The molecule has 33 heavy (non-hydrogen) atoms. The molecule has 0 bridgehead atoms. The van der Waals surface area contributed by atoms with Gasteiger partial charge in [-0.2, -0.15) is 0 Å². The highest BCUT2D eigenvalue weighted by molar-refractivity contribution is 5.72. The lowest BCUT2D eigenvalue weighted by atomic mass is 9.64. The van der Waals surface area contributed by atoms with Crippen molar-refractivity contribution in [1.82, 2.24) is 0 Å². The number of hydrogen-bond acceptors (Lipinski definition) is 0. The Morgan fingerprint density at radius 1 is 0.758 bits per heavy atom. The summed E-state index contributed by atoms with van der Waals surface area (Å²) < 4.78 is 11.5. The Morgan fingerprint density at radius 2 is 1.39 bits per heavy atom. The van der Waals surface area contributed by atoms with Crippen molar-refractivity contribution in [3.8, 4) is 22.4 Å². The highest BCUT2D eigenvalue weighted by Crippen LogP contribution is 2.51. The van der Waals surface area contributed by atoms with Gasteiger partial charge in [-0.25, -0.2) is 4.57 Å². The van der Waals surface area contributed by atoms with E-state index in [-0.39, 0.29) is 11.3 Å². The molecule has 1 nitrogen and oxygen atoms in total. The summed E-state index contributed by atoms with van der Waals surface area (Å²) in [4.78, 5) is 0. The normalized spacial score (nSPS) is 20.1. The van der Waals surface area contributed by atoms with E-state index in [2.05, 4.69) is 124 Å². The van der Waals surface area contributed by atoms with Gasteiger partial charge in [0.2, 0.25) is 5.69 Å². The van der Waals surface area contributed by atoms with Crippen molar-refractivity contribution < 1.29 is 5.94 Å². The number of fused-ring (bicyclic) bond motifs is 2. The minimum absolute atomic E-state index is 0.0371. The molecule has 166 valence electrons. The zero-order chi connectivity index (χ0) is 24.3. The molecule has 5 rings (SSSR count).